The van der Waals surface area contributed by atoms with Gasteiger partial charge in [0.25, 0.3) is 11.3 Å². The van der Waals surface area contributed by atoms with Crippen LogP contribution in [0.3, 0.4) is 0 Å². The maximum absolute atomic E-state index is 11.7. The predicted octanol–water partition coefficient (Wildman–Crippen LogP) is -0.0368. The van der Waals surface area contributed by atoms with E-state index in [9.17, 15) is 18.4 Å². The number of anilines is 2. The van der Waals surface area contributed by atoms with Gasteiger partial charge in [-0.3, -0.25) is 9.35 Å². The van der Waals surface area contributed by atoms with Gasteiger partial charge in [-0.1, -0.05) is 12.1 Å². The number of thiazole rings is 1. The normalized spacial score (nSPS) is 11.4. The largest absolute Gasteiger partial charge is 0.476 e. The Balaban J connectivity index is 2.22. The number of amides is 1. The summed E-state index contributed by atoms with van der Waals surface area (Å²) >= 11 is -1.61. The average Bonchev–Trinajstić information content (AvgIpc) is 3.04. The number of benzene rings is 1. The fourth-order valence-electron chi connectivity index (χ4n) is 1.91. The molecule has 1 atom stereocenters. The van der Waals surface area contributed by atoms with Crippen molar-refractivity contribution in [3.05, 3.63) is 41.0 Å². The fraction of sp³-hybridized carbons (Fsp3) is 0.0769. The number of nitrogens with zero attached hydrogens (tertiary/aromatic N) is 3. The van der Waals surface area contributed by atoms with Gasteiger partial charge in [-0.2, -0.15) is 0 Å². The summed E-state index contributed by atoms with van der Waals surface area (Å²) in [6, 6.07) is 6.04. The highest BCUT2D eigenvalue weighted by molar-refractivity contribution is 7.81. The molecule has 1 aromatic heterocycles. The Kier molecular flexibility index (Phi) is 6.21. The van der Waals surface area contributed by atoms with Crippen LogP contribution in [0.15, 0.2) is 34.9 Å². The van der Waals surface area contributed by atoms with E-state index < -0.39 is 23.1 Å². The van der Waals surface area contributed by atoms with E-state index in [4.69, 9.17) is 16.6 Å². The number of hydrogen-bond acceptors (Lipinski definition) is 6. The van der Waals surface area contributed by atoms with Crippen LogP contribution >= 0.6 is 11.3 Å². The molecule has 1 aromatic carbocycles. The van der Waals surface area contributed by atoms with Crippen molar-refractivity contribution in [2.24, 2.45) is 16.6 Å². The van der Waals surface area contributed by atoms with Crippen molar-refractivity contribution in [3.8, 4) is 0 Å². The molecule has 1 unspecified atom stereocenters. The highest BCUT2D eigenvalue weighted by atomic mass is 32.2. The van der Waals surface area contributed by atoms with Gasteiger partial charge in [0.15, 0.2) is 5.69 Å². The molecular weight excluding hydrogens is 384 g/mol. The molecule has 1 heterocycles. The van der Waals surface area contributed by atoms with Crippen molar-refractivity contribution >= 4 is 51.1 Å². The van der Waals surface area contributed by atoms with Crippen molar-refractivity contribution in [2.75, 3.05) is 4.31 Å². The lowest BCUT2D eigenvalue weighted by atomic mass is 10.1. The molecule has 11 nitrogen and oxygen atoms in total. The molecule has 2 aromatic rings. The second-order valence-electron chi connectivity index (χ2n) is 4.75. The smallest absolute Gasteiger partial charge is 0.357 e. The van der Waals surface area contributed by atoms with Gasteiger partial charge in [0.2, 0.25) is 11.9 Å². The zero-order chi connectivity index (χ0) is 19.3. The summed E-state index contributed by atoms with van der Waals surface area (Å²) in [4.78, 5) is 26.5. The molecule has 0 aliphatic carbocycles. The summed E-state index contributed by atoms with van der Waals surface area (Å²) in [7, 11) is 0. The molecule has 0 bridgehead atoms. The topological polar surface area (TPSA) is 184 Å². The van der Waals surface area contributed by atoms with E-state index in [2.05, 4.69) is 15.5 Å². The molecule has 0 saturated carbocycles. The van der Waals surface area contributed by atoms with Crippen molar-refractivity contribution in [2.45, 2.75) is 6.42 Å². The molecule has 26 heavy (non-hydrogen) atoms. The van der Waals surface area contributed by atoms with E-state index in [-0.39, 0.29) is 28.8 Å². The minimum Gasteiger partial charge on any atom is -0.476 e. The van der Waals surface area contributed by atoms with E-state index in [0.717, 1.165) is 15.6 Å². The number of nitrogens with one attached hydrogen (secondary N) is 1. The third-order valence-electron chi connectivity index (χ3n) is 2.94. The summed E-state index contributed by atoms with van der Waals surface area (Å²) < 4.78 is 22.2. The number of carbonyl (C=O) groups excluding carboxylic acids is 1. The first-order chi connectivity index (χ1) is 12.3. The van der Waals surface area contributed by atoms with Gasteiger partial charge in [-0.05, 0) is 17.7 Å². The monoisotopic (exact) mass is 398 g/mol. The Morgan fingerprint density at radius 3 is 2.50 bits per heavy atom. The number of aromatic carboxylic acids is 1. The van der Waals surface area contributed by atoms with Gasteiger partial charge >= 0.3 is 5.97 Å². The third kappa shape index (κ3) is 4.75. The lowest BCUT2D eigenvalue weighted by molar-refractivity contribution is -0.120. The SMILES string of the molecule is NC(N)=NNC(=O)Cc1ccc(N(c2scnc2C(=O)O)S(=O)O)cc1. The van der Waals surface area contributed by atoms with Crippen molar-refractivity contribution in [3.63, 3.8) is 0 Å². The predicted molar refractivity (Wildman–Crippen MR) is 96.1 cm³/mol. The zero-order valence-corrected chi connectivity index (χ0v) is 14.7. The fourth-order valence-corrected chi connectivity index (χ4v) is 3.47. The first kappa shape index (κ1) is 19.3. The zero-order valence-electron chi connectivity index (χ0n) is 13.0. The molecule has 138 valence electrons. The second-order valence-corrected chi connectivity index (χ2v) is 6.41. The van der Waals surface area contributed by atoms with Gasteiger partial charge in [-0.15, -0.1) is 16.4 Å². The summed E-state index contributed by atoms with van der Waals surface area (Å²) in [6.07, 6.45) is -0.0276. The summed E-state index contributed by atoms with van der Waals surface area (Å²) in [5.41, 5.74) is 14.1. The first-order valence-electron chi connectivity index (χ1n) is 6.84. The van der Waals surface area contributed by atoms with Crippen molar-refractivity contribution in [1.82, 2.24) is 10.4 Å². The Labute approximate surface area is 153 Å². The maximum Gasteiger partial charge on any atom is 0.357 e. The molecule has 0 aliphatic rings. The van der Waals surface area contributed by atoms with E-state index in [1.807, 2.05) is 0 Å². The standard InChI is InChI=1S/C13H14N6O5S2/c14-13(15)18-17-9(20)5-7-1-3-8(4-2-7)19(26(23)24)11-10(12(21)22)16-6-25-11/h1-4,6H,5H2,(H,17,20)(H,21,22)(H,23,24)(H4,14,15,18). The van der Waals surface area contributed by atoms with Gasteiger partial charge in [0, 0.05) is 0 Å². The quantitative estimate of drug-likeness (QED) is 0.186. The van der Waals surface area contributed by atoms with E-state index in [0.29, 0.717) is 5.56 Å². The highest BCUT2D eigenvalue weighted by Gasteiger charge is 2.24. The van der Waals surface area contributed by atoms with Crippen LogP contribution in [0.5, 0.6) is 0 Å². The lowest BCUT2D eigenvalue weighted by Crippen LogP contribution is -2.29. The van der Waals surface area contributed by atoms with Gasteiger partial charge in [0.1, 0.15) is 5.00 Å². The lowest BCUT2D eigenvalue weighted by Gasteiger charge is -2.18. The molecular formula is C13H14N6O5S2. The highest BCUT2D eigenvalue weighted by Crippen LogP contribution is 2.33. The number of aromatic nitrogens is 1. The summed E-state index contributed by atoms with van der Waals surface area (Å²) in [5, 5.41) is 12.5. The molecule has 0 aliphatic heterocycles. The van der Waals surface area contributed by atoms with Crippen LogP contribution in [0.1, 0.15) is 16.1 Å². The average molecular weight is 398 g/mol. The summed E-state index contributed by atoms with van der Waals surface area (Å²) in [6.45, 7) is 0. The van der Waals surface area contributed by atoms with Crippen LogP contribution < -0.4 is 21.2 Å². The Bertz CT molecular complexity index is 862. The number of carboxylic acids is 1. The molecule has 13 heteroatoms. The van der Waals surface area contributed by atoms with Gasteiger partial charge in [0.05, 0.1) is 17.6 Å². The molecule has 0 saturated heterocycles. The van der Waals surface area contributed by atoms with Crippen molar-refractivity contribution < 1.29 is 23.5 Å². The minimum atomic E-state index is -2.52. The molecule has 0 spiro atoms. The van der Waals surface area contributed by atoms with Crippen LogP contribution in [0.4, 0.5) is 10.7 Å². The minimum absolute atomic E-state index is 0.0107. The van der Waals surface area contributed by atoms with Crippen LogP contribution in [-0.2, 0) is 22.5 Å². The number of carboxylic acid groups (broad SMARTS) is 1. The number of carbonyl (C=O) groups is 2. The Hall–Kier alpha value is -3.03. The van der Waals surface area contributed by atoms with Gasteiger partial charge in [-0.25, -0.2) is 23.7 Å². The molecule has 0 fully saturated rings. The number of nitrogens with two attached hydrogens (primary N) is 2. The molecule has 1 amide bonds. The molecule has 2 rings (SSSR count). The Morgan fingerprint density at radius 1 is 1.31 bits per heavy atom. The van der Waals surface area contributed by atoms with Crippen LogP contribution in [-0.4, -0.2) is 36.7 Å². The summed E-state index contributed by atoms with van der Waals surface area (Å²) in [5.74, 6) is -2.05. The Morgan fingerprint density at radius 2 is 1.96 bits per heavy atom. The first-order valence-corrected chi connectivity index (χ1v) is 8.78. The van der Waals surface area contributed by atoms with E-state index in [1.165, 1.54) is 17.6 Å². The molecule has 7 N–H and O–H groups in total. The van der Waals surface area contributed by atoms with Gasteiger partial charge < -0.3 is 16.6 Å². The number of hydrazone groups is 1. The van der Waals surface area contributed by atoms with Crippen LogP contribution in [0, 0.1) is 0 Å². The van der Waals surface area contributed by atoms with E-state index in [1.54, 1.807) is 12.1 Å². The third-order valence-corrected chi connectivity index (χ3v) is 4.57. The van der Waals surface area contributed by atoms with E-state index >= 15 is 0 Å². The molecule has 0 radical (unpaired) electrons. The number of hydrogen-bond donors (Lipinski definition) is 5. The number of rotatable bonds is 7. The van der Waals surface area contributed by atoms with Crippen LogP contribution in [0.25, 0.3) is 0 Å². The van der Waals surface area contributed by atoms with Crippen LogP contribution in [0.2, 0.25) is 0 Å². The van der Waals surface area contributed by atoms with Crippen molar-refractivity contribution in [1.29, 1.82) is 0 Å². The second kappa shape index (κ2) is 8.37. The maximum atomic E-state index is 11.7. The number of guanidine groups is 1.